The molecule has 2 aromatic rings. The molecule has 0 unspecified atom stereocenters. The van der Waals surface area contributed by atoms with Crippen molar-refractivity contribution in [2.45, 2.75) is 32.0 Å². The van der Waals surface area contributed by atoms with Crippen LogP contribution < -0.4 is 4.90 Å². The molecule has 1 aromatic carbocycles. The van der Waals surface area contributed by atoms with Gasteiger partial charge >= 0.3 is 6.18 Å². The molecule has 2 aliphatic heterocycles. The van der Waals surface area contributed by atoms with Gasteiger partial charge in [0.2, 0.25) is 5.91 Å². The van der Waals surface area contributed by atoms with Crippen molar-refractivity contribution in [3.63, 3.8) is 0 Å². The summed E-state index contributed by atoms with van der Waals surface area (Å²) in [5, 5.41) is -0.0339. The maximum atomic E-state index is 13.2. The van der Waals surface area contributed by atoms with Crippen LogP contribution in [0.15, 0.2) is 36.5 Å². The first kappa shape index (κ1) is 24.7. The molecule has 5 nitrogen and oxygen atoms in total. The van der Waals surface area contributed by atoms with Crippen molar-refractivity contribution in [1.82, 2.24) is 14.8 Å². The van der Waals surface area contributed by atoms with Gasteiger partial charge in [-0.2, -0.15) is 13.2 Å². The summed E-state index contributed by atoms with van der Waals surface area (Å²) in [6.07, 6.45) is -1.61. The number of halogens is 5. The zero-order valence-electron chi connectivity index (χ0n) is 18.7. The van der Waals surface area contributed by atoms with Gasteiger partial charge < -0.3 is 9.80 Å². The van der Waals surface area contributed by atoms with E-state index in [0.717, 1.165) is 43.9 Å². The Morgan fingerprint density at radius 2 is 1.74 bits per heavy atom. The van der Waals surface area contributed by atoms with E-state index >= 15 is 0 Å². The molecule has 2 saturated heterocycles. The maximum Gasteiger partial charge on any atom is 0.417 e. The Morgan fingerprint density at radius 1 is 1.03 bits per heavy atom. The number of hydrogen-bond donors (Lipinski definition) is 0. The predicted octanol–water partition coefficient (Wildman–Crippen LogP) is 4.84. The van der Waals surface area contributed by atoms with E-state index in [1.807, 2.05) is 9.80 Å². The van der Waals surface area contributed by atoms with E-state index < -0.39 is 11.7 Å². The number of nitrogens with zero attached hydrogens (tertiary/aromatic N) is 4. The van der Waals surface area contributed by atoms with E-state index in [4.69, 9.17) is 11.6 Å². The third kappa shape index (κ3) is 5.99. The predicted molar refractivity (Wildman–Crippen MR) is 122 cm³/mol. The van der Waals surface area contributed by atoms with Gasteiger partial charge in [-0.15, -0.1) is 0 Å². The summed E-state index contributed by atoms with van der Waals surface area (Å²) in [5.74, 6) is 0.0912. The van der Waals surface area contributed by atoms with Crippen LogP contribution in [0, 0.1) is 11.7 Å². The summed E-state index contributed by atoms with van der Waals surface area (Å²) < 4.78 is 51.7. The summed E-state index contributed by atoms with van der Waals surface area (Å²) in [7, 11) is 0. The van der Waals surface area contributed by atoms with Crippen LogP contribution >= 0.6 is 11.6 Å². The standard InChI is InChI=1S/C24H27ClF4N4O/c25-21-14-19(24(27,28)29)15-30-22(21)32-10-6-18(7-11-32)23(34)33-9-1-8-31(12-13-33)16-17-2-4-20(26)5-3-17/h2-5,14-15,18H,1,6-13,16H2. The SMILES string of the molecule is O=C(C1CCN(c2ncc(C(F)(F)F)cc2Cl)CC1)N1CCCN(Cc2ccc(F)cc2)CC1. The van der Waals surface area contributed by atoms with Gasteiger partial charge in [0.05, 0.1) is 10.6 Å². The van der Waals surface area contributed by atoms with Crippen LogP contribution in [0.3, 0.4) is 0 Å². The summed E-state index contributed by atoms with van der Waals surface area (Å²) >= 11 is 6.08. The Bertz CT molecular complexity index is 993. The van der Waals surface area contributed by atoms with E-state index in [-0.39, 0.29) is 22.7 Å². The van der Waals surface area contributed by atoms with Gasteiger partial charge in [-0.05, 0) is 43.0 Å². The van der Waals surface area contributed by atoms with E-state index in [9.17, 15) is 22.4 Å². The third-order valence-electron chi connectivity index (χ3n) is 6.51. The van der Waals surface area contributed by atoms with Crippen LogP contribution in [-0.4, -0.2) is 60.0 Å². The summed E-state index contributed by atoms with van der Waals surface area (Å²) in [6.45, 7) is 4.72. The van der Waals surface area contributed by atoms with Gasteiger partial charge in [0.1, 0.15) is 11.6 Å². The molecule has 1 aromatic heterocycles. The molecule has 0 radical (unpaired) electrons. The Labute approximate surface area is 201 Å². The maximum absolute atomic E-state index is 13.2. The molecule has 10 heteroatoms. The smallest absolute Gasteiger partial charge is 0.355 e. The molecule has 184 valence electrons. The summed E-state index contributed by atoms with van der Waals surface area (Å²) in [4.78, 5) is 23.1. The van der Waals surface area contributed by atoms with Crippen molar-refractivity contribution in [3.8, 4) is 0 Å². The normalized spacial score (nSPS) is 18.7. The topological polar surface area (TPSA) is 39.7 Å². The number of pyridine rings is 1. The highest BCUT2D eigenvalue weighted by Crippen LogP contribution is 2.35. The fourth-order valence-corrected chi connectivity index (χ4v) is 4.90. The molecule has 2 aliphatic rings. The van der Waals surface area contributed by atoms with Crippen molar-refractivity contribution in [1.29, 1.82) is 0 Å². The highest BCUT2D eigenvalue weighted by Gasteiger charge is 2.34. The highest BCUT2D eigenvalue weighted by molar-refractivity contribution is 6.33. The second-order valence-electron chi connectivity index (χ2n) is 8.87. The summed E-state index contributed by atoms with van der Waals surface area (Å²) in [5.41, 5.74) is 0.171. The van der Waals surface area contributed by atoms with E-state index in [2.05, 4.69) is 9.88 Å². The third-order valence-corrected chi connectivity index (χ3v) is 6.79. The van der Waals surface area contributed by atoms with Crippen molar-refractivity contribution >= 4 is 23.3 Å². The lowest BCUT2D eigenvalue weighted by Gasteiger charge is -2.35. The average molecular weight is 499 g/mol. The van der Waals surface area contributed by atoms with Crippen LogP contribution in [0.25, 0.3) is 0 Å². The monoisotopic (exact) mass is 498 g/mol. The second-order valence-corrected chi connectivity index (χ2v) is 9.28. The van der Waals surface area contributed by atoms with Crippen molar-refractivity contribution < 1.29 is 22.4 Å². The number of anilines is 1. The number of amides is 1. The first-order chi connectivity index (χ1) is 16.2. The number of piperidine rings is 1. The van der Waals surface area contributed by atoms with E-state index in [0.29, 0.717) is 44.8 Å². The summed E-state index contributed by atoms with van der Waals surface area (Å²) in [6, 6.07) is 7.39. The van der Waals surface area contributed by atoms with Gasteiger partial charge in [0.15, 0.2) is 0 Å². The number of carbonyl (C=O) groups is 1. The molecule has 3 heterocycles. The molecule has 2 fully saturated rings. The Kier molecular flexibility index (Phi) is 7.62. The van der Waals surface area contributed by atoms with Crippen LogP contribution in [0.1, 0.15) is 30.4 Å². The average Bonchev–Trinajstić information content (AvgIpc) is 3.05. The molecule has 0 N–H and O–H groups in total. The van der Waals surface area contributed by atoms with Gasteiger partial charge in [-0.3, -0.25) is 9.69 Å². The van der Waals surface area contributed by atoms with E-state index in [1.165, 1.54) is 12.1 Å². The minimum Gasteiger partial charge on any atom is -0.355 e. The minimum atomic E-state index is -4.49. The molecule has 0 aliphatic carbocycles. The first-order valence-electron chi connectivity index (χ1n) is 11.4. The highest BCUT2D eigenvalue weighted by atomic mass is 35.5. The van der Waals surface area contributed by atoms with Gasteiger partial charge in [0.25, 0.3) is 0 Å². The number of carbonyl (C=O) groups excluding carboxylic acids is 1. The number of benzene rings is 1. The van der Waals surface area contributed by atoms with E-state index in [1.54, 1.807) is 12.1 Å². The lowest BCUT2D eigenvalue weighted by atomic mass is 9.95. The second kappa shape index (κ2) is 10.5. The van der Waals surface area contributed by atoms with Crippen LogP contribution in [0.2, 0.25) is 5.02 Å². The fourth-order valence-electron chi connectivity index (χ4n) is 4.61. The molecule has 0 bridgehead atoms. The van der Waals surface area contributed by atoms with Gasteiger partial charge in [-0.25, -0.2) is 9.37 Å². The Balaban J connectivity index is 1.29. The van der Waals surface area contributed by atoms with Crippen molar-refractivity contribution in [2.75, 3.05) is 44.2 Å². The minimum absolute atomic E-state index is 0.0339. The lowest BCUT2D eigenvalue weighted by molar-refractivity contribution is -0.138. The molecular weight excluding hydrogens is 472 g/mol. The molecule has 0 saturated carbocycles. The zero-order chi connectivity index (χ0) is 24.3. The quantitative estimate of drug-likeness (QED) is 0.565. The molecule has 4 rings (SSSR count). The molecule has 1 amide bonds. The lowest BCUT2D eigenvalue weighted by Crippen LogP contribution is -2.44. The van der Waals surface area contributed by atoms with Crippen molar-refractivity contribution in [3.05, 3.63) is 58.5 Å². The number of rotatable bonds is 4. The van der Waals surface area contributed by atoms with Crippen LogP contribution in [0.4, 0.5) is 23.4 Å². The van der Waals surface area contributed by atoms with Gasteiger partial charge in [-0.1, -0.05) is 23.7 Å². The number of hydrogen-bond acceptors (Lipinski definition) is 4. The number of aromatic nitrogens is 1. The molecule has 0 atom stereocenters. The largest absolute Gasteiger partial charge is 0.417 e. The molecule has 0 spiro atoms. The fraction of sp³-hybridized carbons (Fsp3) is 0.500. The Hall–Kier alpha value is -2.39. The zero-order valence-corrected chi connectivity index (χ0v) is 19.5. The van der Waals surface area contributed by atoms with Crippen LogP contribution in [-0.2, 0) is 17.5 Å². The first-order valence-corrected chi connectivity index (χ1v) is 11.8. The van der Waals surface area contributed by atoms with Crippen LogP contribution in [0.5, 0.6) is 0 Å². The molecule has 34 heavy (non-hydrogen) atoms. The molecular formula is C24H27ClF4N4O. The Morgan fingerprint density at radius 3 is 2.38 bits per heavy atom. The number of alkyl halides is 3. The van der Waals surface area contributed by atoms with Gasteiger partial charge in [0, 0.05) is 57.9 Å². The van der Waals surface area contributed by atoms with Crippen molar-refractivity contribution in [2.24, 2.45) is 5.92 Å².